The zero-order valence-corrected chi connectivity index (χ0v) is 13.1. The summed E-state index contributed by atoms with van der Waals surface area (Å²) in [5, 5.41) is 20.7. The third kappa shape index (κ3) is 2.83. The van der Waals surface area contributed by atoms with Crippen molar-refractivity contribution < 1.29 is 14.6 Å². The lowest BCUT2D eigenvalue weighted by Gasteiger charge is -2.06. The Bertz CT molecular complexity index is 1040. The van der Waals surface area contributed by atoms with E-state index in [1.807, 2.05) is 42.6 Å². The van der Waals surface area contributed by atoms with Crippen molar-refractivity contribution in [2.75, 3.05) is 0 Å². The van der Waals surface area contributed by atoms with Crippen LogP contribution in [0.4, 0.5) is 0 Å². The minimum absolute atomic E-state index is 0.0552. The van der Waals surface area contributed by atoms with Gasteiger partial charge in [-0.05, 0) is 30.3 Å². The van der Waals surface area contributed by atoms with Gasteiger partial charge < -0.3 is 9.84 Å². The number of aromatic amines is 1. The minimum atomic E-state index is -1.10. The number of H-pyrrole nitrogens is 1. The molecule has 7 nitrogen and oxygen atoms in total. The van der Waals surface area contributed by atoms with Crippen LogP contribution in [0.3, 0.4) is 0 Å². The Morgan fingerprint density at radius 2 is 1.96 bits per heavy atom. The molecule has 2 N–H and O–H groups in total. The number of nitrogens with zero attached hydrogens (tertiary/aromatic N) is 3. The van der Waals surface area contributed by atoms with Crippen LogP contribution in [0.1, 0.15) is 16.2 Å². The van der Waals surface area contributed by atoms with Gasteiger partial charge in [0.25, 0.3) is 0 Å². The molecule has 0 saturated carbocycles. The van der Waals surface area contributed by atoms with E-state index in [1.54, 1.807) is 22.9 Å². The van der Waals surface area contributed by atoms with Crippen molar-refractivity contribution in [3.05, 3.63) is 72.2 Å². The highest BCUT2D eigenvalue weighted by atomic mass is 16.5. The quantitative estimate of drug-likeness (QED) is 0.585. The van der Waals surface area contributed by atoms with Gasteiger partial charge in [0.05, 0.1) is 16.6 Å². The largest absolute Gasteiger partial charge is 0.486 e. The molecule has 124 valence electrons. The Hall–Kier alpha value is -3.61. The number of carboxylic acid groups (broad SMARTS) is 1. The van der Waals surface area contributed by atoms with E-state index < -0.39 is 5.97 Å². The Balaban J connectivity index is 1.58. The minimum Gasteiger partial charge on any atom is -0.486 e. The molecule has 0 atom stereocenters. The molecular formula is C18H14N4O3. The first kappa shape index (κ1) is 14.9. The lowest BCUT2D eigenvalue weighted by molar-refractivity contribution is 0.0692. The molecule has 0 saturated heterocycles. The first-order valence-corrected chi connectivity index (χ1v) is 7.65. The summed E-state index contributed by atoms with van der Waals surface area (Å²) in [7, 11) is 0. The third-order valence-corrected chi connectivity index (χ3v) is 3.79. The van der Waals surface area contributed by atoms with Crippen molar-refractivity contribution in [1.82, 2.24) is 20.0 Å². The molecule has 4 rings (SSSR count). The van der Waals surface area contributed by atoms with Crippen LogP contribution in [-0.4, -0.2) is 31.1 Å². The van der Waals surface area contributed by atoms with E-state index in [4.69, 9.17) is 4.74 Å². The van der Waals surface area contributed by atoms with Gasteiger partial charge in [-0.15, -0.1) is 0 Å². The van der Waals surface area contributed by atoms with Crippen LogP contribution < -0.4 is 4.74 Å². The number of fused-ring (bicyclic) bond motifs is 1. The van der Waals surface area contributed by atoms with Crippen LogP contribution in [0.25, 0.3) is 16.6 Å². The molecule has 4 aromatic rings. The number of nitrogens with one attached hydrogen (secondary N) is 1. The standard InChI is InChI=1S/C18H14N4O3/c23-18(24)17-16-14(19-20-17)7-4-8-15(16)25-11-12-9-10-22(21-12)13-5-2-1-3-6-13/h1-10H,11H2,(H,19,20)(H,23,24). The van der Waals surface area contributed by atoms with Gasteiger partial charge in [-0.3, -0.25) is 5.10 Å². The smallest absolute Gasteiger partial charge is 0.357 e. The highest BCUT2D eigenvalue weighted by Gasteiger charge is 2.17. The van der Waals surface area contributed by atoms with Crippen molar-refractivity contribution >= 4 is 16.9 Å². The Labute approximate surface area is 142 Å². The molecular weight excluding hydrogens is 320 g/mol. The van der Waals surface area contributed by atoms with E-state index in [0.717, 1.165) is 11.4 Å². The summed E-state index contributed by atoms with van der Waals surface area (Å²) in [6.07, 6.45) is 1.86. The monoisotopic (exact) mass is 334 g/mol. The third-order valence-electron chi connectivity index (χ3n) is 3.79. The van der Waals surface area contributed by atoms with Gasteiger partial charge in [0, 0.05) is 6.20 Å². The van der Waals surface area contributed by atoms with E-state index in [-0.39, 0.29) is 12.3 Å². The van der Waals surface area contributed by atoms with Crippen molar-refractivity contribution in [1.29, 1.82) is 0 Å². The average Bonchev–Trinajstić information content (AvgIpc) is 3.28. The molecule has 0 aliphatic rings. The van der Waals surface area contributed by atoms with Crippen LogP contribution >= 0.6 is 0 Å². The maximum absolute atomic E-state index is 11.3. The lowest BCUT2D eigenvalue weighted by atomic mass is 10.2. The number of hydrogen-bond acceptors (Lipinski definition) is 4. The van der Waals surface area contributed by atoms with Gasteiger partial charge in [0.1, 0.15) is 18.1 Å². The molecule has 0 unspecified atom stereocenters. The lowest BCUT2D eigenvalue weighted by Crippen LogP contribution is -2.01. The van der Waals surface area contributed by atoms with Crippen LogP contribution in [0.5, 0.6) is 5.75 Å². The molecule has 2 heterocycles. The van der Waals surface area contributed by atoms with Crippen molar-refractivity contribution in [3.8, 4) is 11.4 Å². The van der Waals surface area contributed by atoms with Crippen LogP contribution in [0.2, 0.25) is 0 Å². The highest BCUT2D eigenvalue weighted by Crippen LogP contribution is 2.28. The zero-order chi connectivity index (χ0) is 17.2. The van der Waals surface area contributed by atoms with E-state index in [0.29, 0.717) is 16.7 Å². The number of rotatable bonds is 5. The summed E-state index contributed by atoms with van der Waals surface area (Å²) < 4.78 is 7.57. The molecule has 7 heteroatoms. The fraction of sp³-hybridized carbons (Fsp3) is 0.0556. The van der Waals surface area contributed by atoms with E-state index in [2.05, 4.69) is 15.3 Å². The van der Waals surface area contributed by atoms with Crippen molar-refractivity contribution in [3.63, 3.8) is 0 Å². The average molecular weight is 334 g/mol. The number of carbonyl (C=O) groups is 1. The number of aromatic nitrogens is 4. The van der Waals surface area contributed by atoms with Crippen LogP contribution in [-0.2, 0) is 6.61 Å². The number of hydrogen-bond donors (Lipinski definition) is 2. The molecule has 0 fully saturated rings. The predicted molar refractivity (Wildman–Crippen MR) is 90.9 cm³/mol. The number of para-hydroxylation sites is 1. The fourth-order valence-corrected chi connectivity index (χ4v) is 2.63. The highest BCUT2D eigenvalue weighted by molar-refractivity contribution is 6.03. The maximum Gasteiger partial charge on any atom is 0.357 e. The summed E-state index contributed by atoms with van der Waals surface area (Å²) in [6, 6.07) is 16.9. The number of ether oxygens (including phenoxy) is 1. The van der Waals surface area contributed by atoms with Crippen molar-refractivity contribution in [2.45, 2.75) is 6.61 Å². The maximum atomic E-state index is 11.3. The van der Waals surface area contributed by atoms with Gasteiger partial charge in [0.15, 0.2) is 5.69 Å². The first-order valence-electron chi connectivity index (χ1n) is 7.65. The molecule has 25 heavy (non-hydrogen) atoms. The zero-order valence-electron chi connectivity index (χ0n) is 13.1. The molecule has 0 spiro atoms. The van der Waals surface area contributed by atoms with E-state index >= 15 is 0 Å². The van der Waals surface area contributed by atoms with Crippen molar-refractivity contribution in [2.24, 2.45) is 0 Å². The molecule has 0 aliphatic carbocycles. The van der Waals surface area contributed by atoms with Gasteiger partial charge >= 0.3 is 5.97 Å². The molecule has 2 aromatic heterocycles. The SMILES string of the molecule is O=C(O)c1n[nH]c2cccc(OCc3ccn(-c4ccccc4)n3)c12. The summed E-state index contributed by atoms with van der Waals surface area (Å²) >= 11 is 0. The second-order valence-electron chi connectivity index (χ2n) is 5.43. The summed E-state index contributed by atoms with van der Waals surface area (Å²) in [6.45, 7) is 0.225. The van der Waals surface area contributed by atoms with E-state index in [1.165, 1.54) is 0 Å². The van der Waals surface area contributed by atoms with Crippen LogP contribution in [0, 0.1) is 0 Å². The molecule has 2 aromatic carbocycles. The van der Waals surface area contributed by atoms with Gasteiger partial charge in [-0.2, -0.15) is 10.2 Å². The normalized spacial score (nSPS) is 10.9. The van der Waals surface area contributed by atoms with E-state index in [9.17, 15) is 9.90 Å². The molecule has 0 radical (unpaired) electrons. The van der Waals surface area contributed by atoms with Gasteiger partial charge in [0.2, 0.25) is 0 Å². The van der Waals surface area contributed by atoms with Crippen LogP contribution in [0.15, 0.2) is 60.8 Å². The Morgan fingerprint density at radius 3 is 2.76 bits per heavy atom. The predicted octanol–water partition coefficient (Wildman–Crippen LogP) is 3.03. The molecule has 0 amide bonds. The fourth-order valence-electron chi connectivity index (χ4n) is 2.63. The first-order chi connectivity index (χ1) is 12.2. The van der Waals surface area contributed by atoms with Gasteiger partial charge in [-0.25, -0.2) is 9.48 Å². The Morgan fingerprint density at radius 1 is 1.12 bits per heavy atom. The summed E-state index contributed by atoms with van der Waals surface area (Å²) in [5.41, 5.74) is 2.25. The molecule has 0 aliphatic heterocycles. The number of carboxylic acids is 1. The summed E-state index contributed by atoms with van der Waals surface area (Å²) in [4.78, 5) is 11.3. The topological polar surface area (TPSA) is 93.0 Å². The number of benzene rings is 2. The number of aromatic carboxylic acids is 1. The molecule has 0 bridgehead atoms. The second kappa shape index (κ2) is 6.12. The second-order valence-corrected chi connectivity index (χ2v) is 5.43. The Kier molecular flexibility index (Phi) is 3.66. The summed E-state index contributed by atoms with van der Waals surface area (Å²) in [5.74, 6) is -0.645. The van der Waals surface area contributed by atoms with Gasteiger partial charge in [-0.1, -0.05) is 24.3 Å².